The monoisotopic (exact) mass is 453 g/mol. The summed E-state index contributed by atoms with van der Waals surface area (Å²) in [4.78, 5) is 12.3. The van der Waals surface area contributed by atoms with E-state index in [0.717, 1.165) is 58.6 Å². The van der Waals surface area contributed by atoms with Gasteiger partial charge in [-0.15, -0.1) is 37.2 Å². The molecular formula is C19H22Cl3N7. The fourth-order valence-corrected chi connectivity index (χ4v) is 3.46. The topological polar surface area (TPSA) is 83.5 Å². The van der Waals surface area contributed by atoms with Crippen LogP contribution in [0.2, 0.25) is 0 Å². The summed E-state index contributed by atoms with van der Waals surface area (Å²) in [6.07, 6.45) is 6.70. The molecule has 0 aliphatic carbocycles. The molecule has 10 heteroatoms. The van der Waals surface area contributed by atoms with Crippen LogP contribution in [-0.2, 0) is 7.05 Å². The summed E-state index contributed by atoms with van der Waals surface area (Å²) in [7, 11) is 1.94. The van der Waals surface area contributed by atoms with Gasteiger partial charge in [0.05, 0.1) is 17.1 Å². The standard InChI is InChI=1S/C19H19N7.3ClH/c1-26-17-3-2-14(8-13(17)10-23-26)24-18-15-9-16(12-4-6-20-7-5-12)25-19(15)22-11-21-18;;;/h2-4,8-11,20H,5-7H2,1H3,(H2,21,22,24,25);3*1H. The first-order chi connectivity index (χ1) is 12.8. The highest BCUT2D eigenvalue weighted by atomic mass is 35.5. The largest absolute Gasteiger partial charge is 0.340 e. The molecule has 0 unspecified atom stereocenters. The van der Waals surface area contributed by atoms with E-state index in [4.69, 9.17) is 0 Å². The first-order valence-corrected chi connectivity index (χ1v) is 8.70. The lowest BCUT2D eigenvalue weighted by Crippen LogP contribution is -2.20. The summed E-state index contributed by atoms with van der Waals surface area (Å²) in [5, 5.41) is 13.2. The van der Waals surface area contributed by atoms with Crippen molar-refractivity contribution in [1.29, 1.82) is 0 Å². The van der Waals surface area contributed by atoms with Crippen molar-refractivity contribution in [3.8, 4) is 0 Å². The number of benzene rings is 1. The van der Waals surface area contributed by atoms with Crippen LogP contribution in [-0.4, -0.2) is 37.8 Å². The maximum absolute atomic E-state index is 4.45. The quantitative estimate of drug-likeness (QED) is 0.431. The number of aromatic nitrogens is 5. The molecule has 0 bridgehead atoms. The van der Waals surface area contributed by atoms with Crippen LogP contribution in [0, 0.1) is 0 Å². The first kappa shape index (κ1) is 23.0. The number of hydrogen-bond acceptors (Lipinski definition) is 5. The van der Waals surface area contributed by atoms with Gasteiger partial charge < -0.3 is 15.6 Å². The molecule has 1 aliphatic rings. The van der Waals surface area contributed by atoms with Crippen LogP contribution in [0.15, 0.2) is 42.9 Å². The lowest BCUT2D eigenvalue weighted by atomic mass is 10.1. The molecule has 3 N–H and O–H groups in total. The molecule has 29 heavy (non-hydrogen) atoms. The number of rotatable bonds is 3. The van der Waals surface area contributed by atoms with Crippen LogP contribution in [0.1, 0.15) is 12.1 Å². The molecule has 1 aromatic carbocycles. The highest BCUT2D eigenvalue weighted by Crippen LogP contribution is 2.29. The number of anilines is 2. The molecule has 0 atom stereocenters. The van der Waals surface area contributed by atoms with Gasteiger partial charge in [0.1, 0.15) is 17.8 Å². The van der Waals surface area contributed by atoms with Crippen molar-refractivity contribution >= 4 is 76.2 Å². The fourth-order valence-electron chi connectivity index (χ4n) is 3.46. The molecule has 4 aromatic rings. The molecular weight excluding hydrogens is 433 g/mol. The van der Waals surface area contributed by atoms with Gasteiger partial charge in [0, 0.05) is 30.4 Å². The summed E-state index contributed by atoms with van der Waals surface area (Å²) < 4.78 is 1.87. The van der Waals surface area contributed by atoms with Crippen molar-refractivity contribution in [2.45, 2.75) is 6.42 Å². The molecule has 0 spiro atoms. The zero-order valence-electron chi connectivity index (χ0n) is 15.7. The second-order valence-corrected chi connectivity index (χ2v) is 6.52. The lowest BCUT2D eigenvalue weighted by Gasteiger charge is -2.12. The van der Waals surface area contributed by atoms with E-state index in [9.17, 15) is 0 Å². The summed E-state index contributed by atoms with van der Waals surface area (Å²) in [6, 6.07) is 8.32. The maximum Gasteiger partial charge on any atom is 0.143 e. The van der Waals surface area contributed by atoms with Crippen molar-refractivity contribution in [3.05, 3.63) is 48.6 Å². The SMILES string of the molecule is Cl.Cl.Cl.Cn1ncc2cc(Nc3ncnc4[nH]c(C5=CCNCC5)cc34)ccc21. The molecule has 1 aliphatic heterocycles. The van der Waals surface area contributed by atoms with Crippen molar-refractivity contribution in [2.24, 2.45) is 7.05 Å². The van der Waals surface area contributed by atoms with Gasteiger partial charge in [0.2, 0.25) is 0 Å². The van der Waals surface area contributed by atoms with Crippen LogP contribution >= 0.6 is 37.2 Å². The smallest absolute Gasteiger partial charge is 0.143 e. The maximum atomic E-state index is 4.45. The Balaban J connectivity index is 0.000001000. The van der Waals surface area contributed by atoms with Gasteiger partial charge in [0.15, 0.2) is 0 Å². The van der Waals surface area contributed by atoms with E-state index in [1.165, 1.54) is 5.57 Å². The highest BCUT2D eigenvalue weighted by molar-refractivity contribution is 5.93. The van der Waals surface area contributed by atoms with Gasteiger partial charge in [-0.05, 0) is 42.8 Å². The number of aromatic amines is 1. The van der Waals surface area contributed by atoms with E-state index in [1.807, 2.05) is 24.0 Å². The summed E-state index contributed by atoms with van der Waals surface area (Å²) in [5.74, 6) is 0.801. The molecule has 3 aromatic heterocycles. The Labute approximate surface area is 186 Å². The van der Waals surface area contributed by atoms with Crippen molar-refractivity contribution in [3.63, 3.8) is 0 Å². The minimum Gasteiger partial charge on any atom is -0.340 e. The number of fused-ring (bicyclic) bond motifs is 2. The lowest BCUT2D eigenvalue weighted by molar-refractivity contribution is 0.737. The van der Waals surface area contributed by atoms with Crippen molar-refractivity contribution in [1.82, 2.24) is 30.0 Å². The molecule has 5 rings (SSSR count). The van der Waals surface area contributed by atoms with E-state index >= 15 is 0 Å². The van der Waals surface area contributed by atoms with Crippen LogP contribution in [0.4, 0.5) is 11.5 Å². The Morgan fingerprint density at radius 3 is 2.76 bits per heavy atom. The number of nitrogens with one attached hydrogen (secondary N) is 3. The Bertz CT molecular complexity index is 1150. The van der Waals surface area contributed by atoms with Gasteiger partial charge >= 0.3 is 0 Å². The van der Waals surface area contributed by atoms with Crippen LogP contribution in [0.3, 0.4) is 0 Å². The van der Waals surface area contributed by atoms with Gasteiger partial charge in [-0.2, -0.15) is 5.10 Å². The number of H-pyrrole nitrogens is 1. The van der Waals surface area contributed by atoms with Gasteiger partial charge in [-0.25, -0.2) is 9.97 Å². The van der Waals surface area contributed by atoms with E-state index in [-0.39, 0.29) is 37.2 Å². The van der Waals surface area contributed by atoms with E-state index in [2.05, 4.69) is 55.0 Å². The predicted molar refractivity (Wildman–Crippen MR) is 125 cm³/mol. The molecule has 0 saturated carbocycles. The fraction of sp³-hybridized carbons (Fsp3) is 0.211. The molecule has 4 heterocycles. The summed E-state index contributed by atoms with van der Waals surface area (Å²) in [6.45, 7) is 1.91. The van der Waals surface area contributed by atoms with Crippen LogP contribution in [0.25, 0.3) is 27.5 Å². The number of halogens is 3. The number of hydrogen-bond donors (Lipinski definition) is 3. The molecule has 154 valence electrons. The van der Waals surface area contributed by atoms with Gasteiger partial charge in [-0.3, -0.25) is 4.68 Å². The Morgan fingerprint density at radius 1 is 1.10 bits per heavy atom. The molecule has 0 fully saturated rings. The average molecular weight is 455 g/mol. The Hall–Kier alpha value is -2.32. The third-order valence-electron chi connectivity index (χ3n) is 4.84. The minimum absolute atomic E-state index is 0. The second-order valence-electron chi connectivity index (χ2n) is 6.52. The first-order valence-electron chi connectivity index (χ1n) is 8.70. The zero-order valence-corrected chi connectivity index (χ0v) is 18.1. The molecule has 0 saturated heterocycles. The van der Waals surface area contributed by atoms with Crippen molar-refractivity contribution in [2.75, 3.05) is 18.4 Å². The van der Waals surface area contributed by atoms with Gasteiger partial charge in [-0.1, -0.05) is 6.08 Å². The van der Waals surface area contributed by atoms with E-state index in [1.54, 1.807) is 6.33 Å². The average Bonchev–Trinajstić information content (AvgIpc) is 3.27. The molecule has 0 radical (unpaired) electrons. The summed E-state index contributed by atoms with van der Waals surface area (Å²) in [5.41, 5.74) is 5.37. The van der Waals surface area contributed by atoms with Crippen LogP contribution in [0.5, 0.6) is 0 Å². The number of aryl methyl sites for hydroxylation is 1. The highest BCUT2D eigenvalue weighted by Gasteiger charge is 2.13. The molecule has 0 amide bonds. The second kappa shape index (κ2) is 9.45. The van der Waals surface area contributed by atoms with E-state index in [0.29, 0.717) is 0 Å². The van der Waals surface area contributed by atoms with E-state index < -0.39 is 0 Å². The normalized spacial score (nSPS) is 13.2. The van der Waals surface area contributed by atoms with Crippen LogP contribution < -0.4 is 10.6 Å². The third kappa shape index (κ3) is 4.33. The molecule has 7 nitrogen and oxygen atoms in total. The Morgan fingerprint density at radius 2 is 1.97 bits per heavy atom. The third-order valence-corrected chi connectivity index (χ3v) is 4.84. The van der Waals surface area contributed by atoms with Gasteiger partial charge in [0.25, 0.3) is 0 Å². The minimum atomic E-state index is 0. The number of nitrogens with zero attached hydrogens (tertiary/aromatic N) is 4. The van der Waals surface area contributed by atoms with Crippen molar-refractivity contribution < 1.29 is 0 Å². The Kier molecular flexibility index (Phi) is 7.48. The zero-order chi connectivity index (χ0) is 17.5. The predicted octanol–water partition coefficient (Wildman–Crippen LogP) is 4.23. The summed E-state index contributed by atoms with van der Waals surface area (Å²) >= 11 is 0.